The first-order chi connectivity index (χ1) is 9.08. The molecule has 0 amide bonds. The highest BCUT2D eigenvalue weighted by molar-refractivity contribution is 5.86. The third-order valence-electron chi connectivity index (χ3n) is 2.68. The van der Waals surface area contributed by atoms with Gasteiger partial charge in [-0.2, -0.15) is 0 Å². The molecule has 2 aromatic rings. The van der Waals surface area contributed by atoms with Crippen molar-refractivity contribution in [1.82, 2.24) is 9.97 Å². The first kappa shape index (κ1) is 12.8. The molecule has 4 N–H and O–H groups in total. The smallest absolute Gasteiger partial charge is 0.354 e. The number of nitrogens with zero attached hydrogens (tertiary/aromatic N) is 2. The number of rotatable bonds is 4. The van der Waals surface area contributed by atoms with Crippen LogP contribution in [0.1, 0.15) is 29.0 Å². The van der Waals surface area contributed by atoms with Crippen LogP contribution < -0.4 is 11.1 Å². The number of hydrogen-bond donors (Lipinski definition) is 3. The van der Waals surface area contributed by atoms with Crippen LogP contribution in [-0.2, 0) is 0 Å². The van der Waals surface area contributed by atoms with Crippen LogP contribution >= 0.6 is 0 Å². The van der Waals surface area contributed by atoms with Crippen LogP contribution in [0.3, 0.4) is 0 Å². The predicted molar refractivity (Wildman–Crippen MR) is 71.9 cm³/mol. The third kappa shape index (κ3) is 2.98. The van der Waals surface area contributed by atoms with E-state index >= 15 is 0 Å². The van der Waals surface area contributed by atoms with Gasteiger partial charge in [0, 0.05) is 12.4 Å². The van der Waals surface area contributed by atoms with E-state index in [9.17, 15) is 4.79 Å². The van der Waals surface area contributed by atoms with Crippen LogP contribution in [0.25, 0.3) is 0 Å². The van der Waals surface area contributed by atoms with Crippen LogP contribution in [0.15, 0.2) is 36.7 Å². The van der Waals surface area contributed by atoms with E-state index in [1.165, 1.54) is 12.1 Å². The van der Waals surface area contributed by atoms with Gasteiger partial charge in [0.25, 0.3) is 0 Å². The lowest BCUT2D eigenvalue weighted by molar-refractivity contribution is 0.0690. The molecule has 0 aliphatic carbocycles. The van der Waals surface area contributed by atoms with Crippen LogP contribution in [0.4, 0.5) is 11.5 Å². The minimum absolute atomic E-state index is 0.0462. The predicted octanol–water partition coefficient (Wildman–Crippen LogP) is 1.93. The molecule has 1 atom stereocenters. The van der Waals surface area contributed by atoms with E-state index in [1.54, 1.807) is 12.4 Å². The number of carboxylic acid groups (broad SMARTS) is 1. The van der Waals surface area contributed by atoms with Crippen molar-refractivity contribution in [3.8, 4) is 0 Å². The van der Waals surface area contributed by atoms with Gasteiger partial charge in [0.05, 0.1) is 11.7 Å². The first-order valence-corrected chi connectivity index (χ1v) is 5.74. The summed E-state index contributed by atoms with van der Waals surface area (Å²) in [6.07, 6.45) is 3.42. The van der Waals surface area contributed by atoms with Gasteiger partial charge in [-0.3, -0.25) is 4.98 Å². The third-order valence-corrected chi connectivity index (χ3v) is 2.68. The minimum Gasteiger partial charge on any atom is -0.477 e. The Morgan fingerprint density at radius 2 is 2.21 bits per heavy atom. The summed E-state index contributed by atoms with van der Waals surface area (Å²) in [5.74, 6) is -0.728. The van der Waals surface area contributed by atoms with Crippen LogP contribution in [-0.4, -0.2) is 21.0 Å². The SMILES string of the molecule is CC(Nc1nc(C(=O)O)ccc1N)c1cccnc1. The van der Waals surface area contributed by atoms with Crippen molar-refractivity contribution in [3.05, 3.63) is 47.9 Å². The monoisotopic (exact) mass is 258 g/mol. The van der Waals surface area contributed by atoms with Crippen molar-refractivity contribution in [3.63, 3.8) is 0 Å². The van der Waals surface area contributed by atoms with E-state index in [0.717, 1.165) is 5.56 Å². The topological polar surface area (TPSA) is 101 Å². The molecule has 6 nitrogen and oxygen atoms in total. The van der Waals surface area contributed by atoms with Gasteiger partial charge in [-0.05, 0) is 30.7 Å². The Bertz CT molecular complexity index is 586. The summed E-state index contributed by atoms with van der Waals surface area (Å²) in [4.78, 5) is 18.9. The molecule has 0 saturated heterocycles. The largest absolute Gasteiger partial charge is 0.477 e. The molecule has 98 valence electrons. The van der Waals surface area contributed by atoms with Gasteiger partial charge >= 0.3 is 5.97 Å². The van der Waals surface area contributed by atoms with Gasteiger partial charge in [0.2, 0.25) is 0 Å². The average Bonchev–Trinajstić information content (AvgIpc) is 2.42. The molecule has 0 aliphatic rings. The van der Waals surface area contributed by atoms with E-state index in [-0.39, 0.29) is 11.7 Å². The highest BCUT2D eigenvalue weighted by atomic mass is 16.4. The fourth-order valence-corrected chi connectivity index (χ4v) is 1.63. The molecule has 0 saturated carbocycles. The Kier molecular flexibility index (Phi) is 3.61. The Morgan fingerprint density at radius 1 is 1.42 bits per heavy atom. The molecule has 0 bridgehead atoms. The molecular weight excluding hydrogens is 244 g/mol. The molecule has 0 aromatic carbocycles. The maximum absolute atomic E-state index is 10.9. The summed E-state index contributed by atoms with van der Waals surface area (Å²) in [5, 5.41) is 12.0. The molecule has 2 aromatic heterocycles. The summed E-state index contributed by atoms with van der Waals surface area (Å²) >= 11 is 0. The Morgan fingerprint density at radius 3 is 2.84 bits per heavy atom. The standard InChI is InChI=1S/C13H14N4O2/c1-8(9-3-2-6-15-7-9)16-12-10(14)4-5-11(17-12)13(18)19/h2-8H,14H2,1H3,(H,16,17)(H,18,19). The van der Waals surface area contributed by atoms with E-state index < -0.39 is 5.97 Å². The van der Waals surface area contributed by atoms with Gasteiger partial charge in [-0.25, -0.2) is 9.78 Å². The summed E-state index contributed by atoms with van der Waals surface area (Å²) < 4.78 is 0. The van der Waals surface area contributed by atoms with Crippen LogP contribution in [0.2, 0.25) is 0 Å². The molecular formula is C13H14N4O2. The number of nitrogen functional groups attached to an aromatic ring is 1. The second-order valence-corrected chi connectivity index (χ2v) is 4.09. The molecule has 2 rings (SSSR count). The van der Waals surface area contributed by atoms with Crippen LogP contribution in [0.5, 0.6) is 0 Å². The van der Waals surface area contributed by atoms with Crippen molar-refractivity contribution in [2.45, 2.75) is 13.0 Å². The van der Waals surface area contributed by atoms with Gasteiger partial charge in [-0.1, -0.05) is 6.07 Å². The molecule has 6 heteroatoms. The molecule has 0 radical (unpaired) electrons. The molecule has 0 spiro atoms. The van der Waals surface area contributed by atoms with Crippen molar-refractivity contribution < 1.29 is 9.90 Å². The first-order valence-electron chi connectivity index (χ1n) is 5.74. The Labute approximate surface area is 110 Å². The van der Waals surface area contributed by atoms with Crippen molar-refractivity contribution >= 4 is 17.5 Å². The lowest BCUT2D eigenvalue weighted by atomic mass is 10.1. The number of carbonyl (C=O) groups is 1. The van der Waals surface area contributed by atoms with Gasteiger partial charge in [0.15, 0.2) is 11.5 Å². The number of nitrogens with one attached hydrogen (secondary N) is 1. The highest BCUT2D eigenvalue weighted by Gasteiger charge is 2.11. The molecule has 0 fully saturated rings. The summed E-state index contributed by atoms with van der Waals surface area (Å²) in [7, 11) is 0. The molecule has 2 heterocycles. The van der Waals surface area contributed by atoms with Crippen molar-refractivity contribution in [2.75, 3.05) is 11.1 Å². The van der Waals surface area contributed by atoms with Crippen LogP contribution in [0, 0.1) is 0 Å². The minimum atomic E-state index is -1.09. The number of hydrogen-bond acceptors (Lipinski definition) is 5. The quantitative estimate of drug-likeness (QED) is 0.774. The highest BCUT2D eigenvalue weighted by Crippen LogP contribution is 2.22. The maximum atomic E-state index is 10.9. The lowest BCUT2D eigenvalue weighted by Gasteiger charge is -2.16. The fraction of sp³-hybridized carbons (Fsp3) is 0.154. The summed E-state index contributed by atoms with van der Waals surface area (Å²) in [6, 6.07) is 6.57. The molecule has 0 aliphatic heterocycles. The Hall–Kier alpha value is -2.63. The zero-order valence-corrected chi connectivity index (χ0v) is 10.4. The fourth-order valence-electron chi connectivity index (χ4n) is 1.63. The van der Waals surface area contributed by atoms with Gasteiger partial charge < -0.3 is 16.2 Å². The lowest BCUT2D eigenvalue weighted by Crippen LogP contribution is -2.12. The second kappa shape index (κ2) is 5.34. The maximum Gasteiger partial charge on any atom is 0.354 e. The van der Waals surface area contributed by atoms with E-state index in [0.29, 0.717) is 11.5 Å². The van der Waals surface area contributed by atoms with E-state index in [2.05, 4.69) is 15.3 Å². The van der Waals surface area contributed by atoms with Gasteiger partial charge in [0.1, 0.15) is 0 Å². The number of anilines is 2. The van der Waals surface area contributed by atoms with Crippen molar-refractivity contribution in [2.24, 2.45) is 0 Å². The van der Waals surface area contributed by atoms with E-state index in [4.69, 9.17) is 10.8 Å². The summed E-state index contributed by atoms with van der Waals surface area (Å²) in [6.45, 7) is 1.92. The number of nitrogens with two attached hydrogens (primary N) is 1. The van der Waals surface area contributed by atoms with Crippen molar-refractivity contribution in [1.29, 1.82) is 0 Å². The zero-order chi connectivity index (χ0) is 13.8. The number of pyridine rings is 2. The Balaban J connectivity index is 2.23. The summed E-state index contributed by atoms with van der Waals surface area (Å²) in [5.41, 5.74) is 7.10. The van der Waals surface area contributed by atoms with E-state index in [1.807, 2.05) is 19.1 Å². The number of aromatic nitrogens is 2. The molecule has 19 heavy (non-hydrogen) atoms. The second-order valence-electron chi connectivity index (χ2n) is 4.09. The zero-order valence-electron chi connectivity index (χ0n) is 10.4. The average molecular weight is 258 g/mol. The number of carboxylic acids is 1. The normalized spacial score (nSPS) is 11.8. The van der Waals surface area contributed by atoms with Gasteiger partial charge in [-0.15, -0.1) is 0 Å². The number of aromatic carboxylic acids is 1. The molecule has 1 unspecified atom stereocenters.